The first-order valence-corrected chi connectivity index (χ1v) is 5.12. The van der Waals surface area contributed by atoms with E-state index in [-0.39, 0.29) is 12.8 Å². The average Bonchev–Trinajstić information content (AvgIpc) is 2.00. The predicted molar refractivity (Wildman–Crippen MR) is 46.1 cm³/mol. The lowest BCUT2D eigenvalue weighted by molar-refractivity contribution is -0.176. The minimum absolute atomic E-state index is 0.166. The summed E-state index contributed by atoms with van der Waals surface area (Å²) in [5.41, 5.74) is 0. The summed E-state index contributed by atoms with van der Waals surface area (Å²) >= 11 is 0. The van der Waals surface area contributed by atoms with Gasteiger partial charge in [0.05, 0.1) is 5.92 Å². The van der Waals surface area contributed by atoms with Crippen LogP contribution in [0.3, 0.4) is 0 Å². The average molecular weight is 204 g/mol. The molecule has 2 aliphatic rings. The van der Waals surface area contributed by atoms with Gasteiger partial charge in [0.15, 0.2) is 0 Å². The second-order valence-electron chi connectivity index (χ2n) is 4.51. The van der Waals surface area contributed by atoms with Crippen LogP contribution in [-0.2, 0) is 4.79 Å². The molecule has 2 unspecified atom stereocenters. The Labute approximate surface area is 81.3 Å². The van der Waals surface area contributed by atoms with Crippen molar-refractivity contribution >= 4 is 5.97 Å². The maximum Gasteiger partial charge on any atom is 0.306 e. The fraction of sp³-hybridized carbons (Fsp3) is 0.900. The predicted octanol–water partition coefficient (Wildman–Crippen LogP) is 2.53. The van der Waals surface area contributed by atoms with Gasteiger partial charge in [0.1, 0.15) is 0 Å². The highest BCUT2D eigenvalue weighted by Gasteiger charge is 2.54. The lowest BCUT2D eigenvalue weighted by Crippen LogP contribution is -2.47. The molecule has 2 aliphatic carbocycles. The number of carboxylic acids is 1. The Morgan fingerprint density at radius 3 is 2.14 bits per heavy atom. The zero-order chi connectivity index (χ0) is 10.3. The van der Waals surface area contributed by atoms with E-state index in [0.29, 0.717) is 12.8 Å². The maximum atomic E-state index is 13.6. The summed E-state index contributed by atoms with van der Waals surface area (Å²) in [6.45, 7) is 0. The minimum atomic E-state index is -2.61. The number of carboxylic acid groups (broad SMARTS) is 1. The van der Waals surface area contributed by atoms with E-state index in [1.165, 1.54) is 0 Å². The van der Waals surface area contributed by atoms with Gasteiger partial charge >= 0.3 is 5.97 Å². The summed E-state index contributed by atoms with van der Waals surface area (Å²) < 4.78 is 27.1. The van der Waals surface area contributed by atoms with Gasteiger partial charge in [0.25, 0.3) is 5.92 Å². The van der Waals surface area contributed by atoms with E-state index in [9.17, 15) is 13.6 Å². The molecule has 2 nitrogen and oxygen atoms in total. The van der Waals surface area contributed by atoms with Crippen molar-refractivity contribution in [3.8, 4) is 0 Å². The van der Waals surface area contributed by atoms with E-state index in [1.807, 2.05) is 0 Å². The van der Waals surface area contributed by atoms with Crippen LogP contribution in [0.4, 0.5) is 8.78 Å². The summed E-state index contributed by atoms with van der Waals surface area (Å²) in [4.78, 5) is 10.8. The maximum absolute atomic E-state index is 13.6. The van der Waals surface area contributed by atoms with Crippen molar-refractivity contribution in [3.63, 3.8) is 0 Å². The number of aliphatic carboxylic acids is 1. The third-order valence-electron chi connectivity index (χ3n) is 3.68. The van der Waals surface area contributed by atoms with Crippen LogP contribution < -0.4 is 0 Å². The molecule has 1 N–H and O–H groups in total. The molecule has 2 bridgehead atoms. The zero-order valence-corrected chi connectivity index (χ0v) is 7.88. The van der Waals surface area contributed by atoms with E-state index in [4.69, 9.17) is 5.11 Å². The molecule has 0 aliphatic heterocycles. The van der Waals surface area contributed by atoms with Gasteiger partial charge in [-0.15, -0.1) is 0 Å². The molecule has 0 amide bonds. The molecule has 0 spiro atoms. The molecule has 80 valence electrons. The Morgan fingerprint density at radius 2 is 1.71 bits per heavy atom. The lowest BCUT2D eigenvalue weighted by atomic mass is 9.65. The fourth-order valence-corrected chi connectivity index (χ4v) is 2.86. The SMILES string of the molecule is O=C(O)C1CC2CCCC(C1)C2(F)F. The Bertz CT molecular complexity index is 237. The topological polar surface area (TPSA) is 37.3 Å². The molecule has 0 aromatic carbocycles. The molecule has 0 radical (unpaired) electrons. The molecular formula is C10H14F2O2. The molecule has 0 heterocycles. The van der Waals surface area contributed by atoms with Gasteiger partial charge in [0, 0.05) is 11.8 Å². The second-order valence-corrected chi connectivity index (χ2v) is 4.51. The molecule has 0 saturated heterocycles. The molecule has 4 heteroatoms. The number of carbonyl (C=O) groups is 1. The van der Waals surface area contributed by atoms with Crippen LogP contribution in [0, 0.1) is 17.8 Å². The van der Waals surface area contributed by atoms with Gasteiger partial charge in [-0.3, -0.25) is 4.79 Å². The molecule has 0 aromatic heterocycles. The van der Waals surface area contributed by atoms with Crippen molar-refractivity contribution in [2.45, 2.75) is 38.0 Å². The molecular weight excluding hydrogens is 190 g/mol. The van der Waals surface area contributed by atoms with Crippen molar-refractivity contribution in [2.24, 2.45) is 17.8 Å². The third-order valence-corrected chi connectivity index (χ3v) is 3.68. The summed E-state index contributed by atoms with van der Waals surface area (Å²) in [6, 6.07) is 0. The van der Waals surface area contributed by atoms with Gasteiger partial charge in [-0.2, -0.15) is 0 Å². The van der Waals surface area contributed by atoms with Crippen LogP contribution in [0.15, 0.2) is 0 Å². The van der Waals surface area contributed by atoms with Crippen molar-refractivity contribution in [1.29, 1.82) is 0 Å². The van der Waals surface area contributed by atoms with Gasteiger partial charge in [-0.1, -0.05) is 6.42 Å². The van der Waals surface area contributed by atoms with Gasteiger partial charge < -0.3 is 5.11 Å². The smallest absolute Gasteiger partial charge is 0.306 e. The number of fused-ring (bicyclic) bond motifs is 2. The number of halogens is 2. The van der Waals surface area contributed by atoms with Gasteiger partial charge in [-0.25, -0.2) is 8.78 Å². The summed E-state index contributed by atoms with van der Waals surface area (Å²) in [6.07, 6.45) is 2.15. The van der Waals surface area contributed by atoms with Crippen LogP contribution in [0.5, 0.6) is 0 Å². The first-order chi connectivity index (χ1) is 6.51. The van der Waals surface area contributed by atoms with Crippen molar-refractivity contribution < 1.29 is 18.7 Å². The van der Waals surface area contributed by atoms with E-state index in [2.05, 4.69) is 0 Å². The second kappa shape index (κ2) is 3.17. The lowest BCUT2D eigenvalue weighted by Gasteiger charge is -2.44. The van der Waals surface area contributed by atoms with Crippen LogP contribution >= 0.6 is 0 Å². The summed E-state index contributed by atoms with van der Waals surface area (Å²) in [5.74, 6) is -5.42. The number of rotatable bonds is 1. The first-order valence-electron chi connectivity index (χ1n) is 5.12. The Morgan fingerprint density at radius 1 is 1.21 bits per heavy atom. The van der Waals surface area contributed by atoms with Crippen LogP contribution in [-0.4, -0.2) is 17.0 Å². The van der Waals surface area contributed by atoms with Crippen LogP contribution in [0.1, 0.15) is 32.1 Å². The highest BCUT2D eigenvalue weighted by atomic mass is 19.3. The van der Waals surface area contributed by atoms with Crippen LogP contribution in [0.25, 0.3) is 0 Å². The van der Waals surface area contributed by atoms with Crippen molar-refractivity contribution in [3.05, 3.63) is 0 Å². The normalized spacial score (nSPS) is 40.6. The van der Waals surface area contributed by atoms with E-state index < -0.39 is 29.6 Å². The van der Waals surface area contributed by atoms with Crippen LogP contribution in [0.2, 0.25) is 0 Å². The summed E-state index contributed by atoms with van der Waals surface area (Å²) in [5, 5.41) is 8.82. The molecule has 2 fully saturated rings. The molecule has 2 atom stereocenters. The van der Waals surface area contributed by atoms with Crippen molar-refractivity contribution in [2.75, 3.05) is 0 Å². The Kier molecular flexibility index (Phi) is 2.24. The largest absolute Gasteiger partial charge is 0.481 e. The first kappa shape index (κ1) is 9.87. The van der Waals surface area contributed by atoms with E-state index >= 15 is 0 Å². The van der Waals surface area contributed by atoms with Gasteiger partial charge in [-0.05, 0) is 25.7 Å². The Balaban J connectivity index is 2.16. The zero-order valence-electron chi connectivity index (χ0n) is 7.88. The summed E-state index contributed by atoms with van der Waals surface area (Å²) in [7, 11) is 0. The van der Waals surface area contributed by atoms with E-state index in [0.717, 1.165) is 6.42 Å². The quantitative estimate of drug-likeness (QED) is 0.712. The monoisotopic (exact) mass is 204 g/mol. The Hall–Kier alpha value is -0.670. The molecule has 2 rings (SSSR count). The number of alkyl halides is 2. The number of hydrogen-bond donors (Lipinski definition) is 1. The van der Waals surface area contributed by atoms with Crippen molar-refractivity contribution in [1.82, 2.24) is 0 Å². The fourth-order valence-electron chi connectivity index (χ4n) is 2.86. The molecule has 14 heavy (non-hydrogen) atoms. The number of hydrogen-bond acceptors (Lipinski definition) is 1. The third kappa shape index (κ3) is 1.41. The highest BCUT2D eigenvalue weighted by Crippen LogP contribution is 2.52. The standard InChI is InChI=1S/C10H14F2O2/c11-10(12)7-2-1-3-8(10)5-6(4-7)9(13)14/h6-8H,1-5H2,(H,13,14). The molecule has 2 saturated carbocycles. The highest BCUT2D eigenvalue weighted by molar-refractivity contribution is 5.70. The van der Waals surface area contributed by atoms with E-state index in [1.54, 1.807) is 0 Å². The van der Waals surface area contributed by atoms with Gasteiger partial charge in [0.2, 0.25) is 0 Å². The molecule has 0 aromatic rings. The minimum Gasteiger partial charge on any atom is -0.481 e.